The number of benzene rings is 4. The Balaban J connectivity index is 0.000000375. The number of aromatic nitrogens is 2. The number of ether oxygens (including phenoxy) is 4. The van der Waals surface area contributed by atoms with Gasteiger partial charge in [0.1, 0.15) is 34.8 Å². The highest BCUT2D eigenvalue weighted by Crippen LogP contribution is 2.40. The molecule has 2 fully saturated rings. The molecule has 2 aromatic heterocycles. The summed E-state index contributed by atoms with van der Waals surface area (Å²) in [5.74, 6) is -12.5. The van der Waals surface area contributed by atoms with Crippen molar-refractivity contribution in [1.29, 1.82) is 0 Å². The summed E-state index contributed by atoms with van der Waals surface area (Å²) < 4.78 is 158. The number of aliphatic carboxylic acids is 6. The van der Waals surface area contributed by atoms with E-state index in [2.05, 4.69) is 9.47 Å². The largest absolute Gasteiger partial charge is 0.573 e. The summed E-state index contributed by atoms with van der Waals surface area (Å²) in [4.78, 5) is 87.2. The molecule has 8 rings (SSSR count). The number of carbonyl (C=O) groups is 8. The van der Waals surface area contributed by atoms with Gasteiger partial charge in [-0.3, -0.25) is 9.59 Å². The number of piperidine rings is 2. The lowest BCUT2D eigenvalue weighted by molar-refractivity contribution is -0.275. The van der Waals surface area contributed by atoms with E-state index in [4.69, 9.17) is 51.6 Å². The second-order valence-corrected chi connectivity index (χ2v) is 20.4. The molecule has 2 amide bonds. The fraction of sp³-hybridized carbons (Fsp3) is 0.323. The smallest absolute Gasteiger partial charge is 0.478 e. The van der Waals surface area contributed by atoms with Crippen LogP contribution in [-0.2, 0) is 64.4 Å². The average Bonchev–Trinajstić information content (AvgIpc) is 1.63. The maximum atomic E-state index is 14.8. The fourth-order valence-electron chi connectivity index (χ4n) is 9.84. The molecule has 4 heterocycles. The zero-order chi connectivity index (χ0) is 71.8. The molecule has 2 aliphatic rings. The van der Waals surface area contributed by atoms with Gasteiger partial charge in [0, 0.05) is 115 Å². The number of likely N-dealkylation sites (tertiary alicyclic amines) is 2. The Morgan fingerprint density at radius 1 is 0.474 bits per heavy atom. The third-order valence-corrected chi connectivity index (χ3v) is 14.0. The van der Waals surface area contributed by atoms with Gasteiger partial charge in [-0.25, -0.2) is 46.3 Å². The summed E-state index contributed by atoms with van der Waals surface area (Å²) in [5, 5.41) is 46.4. The third kappa shape index (κ3) is 25.1. The molecular formula is C62H66F10N6O19. The molecule has 0 bridgehead atoms. The first kappa shape index (κ1) is 80.9. The number of rotatable bonds is 20. The molecule has 0 aliphatic carbocycles. The second kappa shape index (κ2) is 37.7. The molecule has 0 atom stereocenters. The van der Waals surface area contributed by atoms with Gasteiger partial charge in [0.05, 0.1) is 46.1 Å². The van der Waals surface area contributed by atoms with Crippen molar-refractivity contribution >= 4 is 69.4 Å². The molecule has 2 aliphatic heterocycles. The lowest BCUT2D eigenvalue weighted by Gasteiger charge is -2.32. The van der Waals surface area contributed by atoms with Gasteiger partial charge >= 0.3 is 48.5 Å². The quantitative estimate of drug-likeness (QED) is 0.0263. The number of nitrogens with zero attached hydrogens (tertiary/aromatic N) is 4. The van der Waals surface area contributed by atoms with E-state index < -0.39 is 83.5 Å². The highest BCUT2D eigenvalue weighted by Gasteiger charge is 2.37. The summed E-state index contributed by atoms with van der Waals surface area (Å²) in [6.07, 6.45) is -2.22. The van der Waals surface area contributed by atoms with E-state index in [1.165, 1.54) is 57.7 Å². The molecule has 0 radical (unpaired) electrons. The number of hydrogen-bond donors (Lipinski definition) is 8. The molecule has 6 aromatic rings. The summed E-state index contributed by atoms with van der Waals surface area (Å²) in [6.45, 7) is 2.11. The third-order valence-electron chi connectivity index (χ3n) is 14.0. The van der Waals surface area contributed by atoms with E-state index in [1.807, 2.05) is 0 Å². The molecule has 0 spiro atoms. The lowest BCUT2D eigenvalue weighted by atomic mass is 9.88. The van der Waals surface area contributed by atoms with Crippen LogP contribution in [0.5, 0.6) is 11.5 Å². The van der Waals surface area contributed by atoms with Crippen LogP contribution in [0.2, 0.25) is 0 Å². The van der Waals surface area contributed by atoms with Crippen LogP contribution in [0.4, 0.5) is 43.9 Å². The number of amides is 2. The van der Waals surface area contributed by atoms with Gasteiger partial charge in [-0.1, -0.05) is 24.3 Å². The van der Waals surface area contributed by atoms with Crippen molar-refractivity contribution < 1.29 is 137 Å². The lowest BCUT2D eigenvalue weighted by Crippen LogP contribution is -2.38. The number of hydrogen-bond acceptors (Lipinski definition) is 14. The van der Waals surface area contributed by atoms with Crippen molar-refractivity contribution in [2.24, 2.45) is 11.5 Å². The van der Waals surface area contributed by atoms with Crippen molar-refractivity contribution in [3.8, 4) is 11.5 Å². The Morgan fingerprint density at radius 3 is 1.00 bits per heavy atom. The molecule has 2 saturated heterocycles. The first-order valence-electron chi connectivity index (χ1n) is 28.2. The van der Waals surface area contributed by atoms with Gasteiger partial charge in [0.15, 0.2) is 0 Å². The van der Waals surface area contributed by atoms with Crippen molar-refractivity contribution in [2.45, 2.75) is 76.4 Å². The first-order valence-corrected chi connectivity index (χ1v) is 28.2. The molecule has 12 N–H and O–H groups in total. The highest BCUT2D eigenvalue weighted by molar-refractivity contribution is 6.10. The van der Waals surface area contributed by atoms with E-state index >= 15 is 0 Å². The number of methoxy groups -OCH3 is 2. The fourth-order valence-corrected chi connectivity index (χ4v) is 9.84. The molecule has 35 heteroatoms. The van der Waals surface area contributed by atoms with Gasteiger partial charge < -0.3 is 85.5 Å². The Kier molecular flexibility index (Phi) is 31.4. The number of carboxylic acid groups (broad SMARTS) is 6. The van der Waals surface area contributed by atoms with E-state index in [-0.39, 0.29) is 127 Å². The Hall–Kier alpha value is -10.4. The summed E-state index contributed by atoms with van der Waals surface area (Å²) >= 11 is 0. The number of nitrogens with two attached hydrogens (primary N) is 2. The monoisotopic (exact) mass is 1390 g/mol. The maximum absolute atomic E-state index is 14.8. The number of halogens is 10. The SMILES string of the molecule is COCCn1cc(C(=O)N2CCC(c3cc(CN)ccc3F)CC2)c2c(OC(F)(F)F)ccc(F)c21.COCCn1cc(C(=O)N2CCC(c3cc(CN)ccc3F)CC2)c2c(OC(F)(F)F)ccc(F)c21.O.O=C(O)C=CC(=O)O.O=C(O)C=CC(=O)O.O=C(O)C=CC(=O)O. The number of fused-ring (bicyclic) bond motifs is 2. The molecular weight excluding hydrogens is 1320 g/mol. The number of carboxylic acids is 6. The Labute approximate surface area is 543 Å². The molecule has 0 saturated carbocycles. The van der Waals surface area contributed by atoms with Crippen LogP contribution in [-0.4, -0.2) is 169 Å². The van der Waals surface area contributed by atoms with Gasteiger partial charge in [0.2, 0.25) is 0 Å². The summed E-state index contributed by atoms with van der Waals surface area (Å²) in [5.41, 5.74) is 13.5. The minimum atomic E-state index is -5.03. The topological polar surface area (TPSA) is 395 Å². The van der Waals surface area contributed by atoms with E-state index in [9.17, 15) is 82.3 Å². The molecule has 528 valence electrons. The van der Waals surface area contributed by atoms with Gasteiger partial charge in [0.25, 0.3) is 11.8 Å². The normalized spacial score (nSPS) is 13.5. The predicted octanol–water partition coefficient (Wildman–Crippen LogP) is 8.20. The predicted molar refractivity (Wildman–Crippen MR) is 322 cm³/mol. The number of carbonyl (C=O) groups excluding carboxylic acids is 2. The minimum absolute atomic E-state index is 0. The average molecular weight is 1390 g/mol. The van der Waals surface area contributed by atoms with Gasteiger partial charge in [-0.05, 0) is 96.2 Å². The van der Waals surface area contributed by atoms with Crippen LogP contribution in [0.3, 0.4) is 0 Å². The first-order chi connectivity index (χ1) is 45.1. The molecule has 25 nitrogen and oxygen atoms in total. The summed E-state index contributed by atoms with van der Waals surface area (Å²) in [7, 11) is 2.87. The van der Waals surface area contributed by atoms with E-state index in [0.717, 1.165) is 35.4 Å². The van der Waals surface area contributed by atoms with Crippen LogP contribution >= 0.6 is 0 Å². The van der Waals surface area contributed by atoms with Crippen molar-refractivity contribution in [3.05, 3.63) is 166 Å². The Morgan fingerprint density at radius 2 is 0.753 bits per heavy atom. The van der Waals surface area contributed by atoms with Gasteiger partial charge in [-0.15, -0.1) is 26.3 Å². The van der Waals surface area contributed by atoms with E-state index in [1.54, 1.807) is 24.3 Å². The van der Waals surface area contributed by atoms with Crippen LogP contribution in [0.15, 0.2) is 110 Å². The van der Waals surface area contributed by atoms with Crippen LogP contribution in [0, 0.1) is 23.3 Å². The summed E-state index contributed by atoms with van der Waals surface area (Å²) in [6, 6.07) is 12.9. The molecule has 4 aromatic carbocycles. The van der Waals surface area contributed by atoms with E-state index in [0.29, 0.717) is 73.3 Å². The van der Waals surface area contributed by atoms with Gasteiger partial charge in [-0.2, -0.15) is 0 Å². The molecule has 97 heavy (non-hydrogen) atoms. The van der Waals surface area contributed by atoms with Crippen molar-refractivity contribution in [3.63, 3.8) is 0 Å². The molecule has 0 unspecified atom stereocenters. The van der Waals surface area contributed by atoms with Crippen molar-refractivity contribution in [2.75, 3.05) is 53.6 Å². The van der Waals surface area contributed by atoms with Crippen molar-refractivity contribution in [1.82, 2.24) is 18.9 Å². The standard InChI is InChI=1S/2C25H26F5N3O3.3C4H4O4.H2O/c2*1-35-11-10-33-14-18(22-21(36-25(28,29)30)5-4-20(27)23(22)33)24(34)32-8-6-16(7-9-32)17-12-15(13-31)2-3-19(17)26;3*5-3(6)1-2-4(7)8;/h2*2-5,12,14,16H,6-11,13,31H2,1H3;3*1-2H,(H,5,6)(H,7,8);1H2. The zero-order valence-electron chi connectivity index (χ0n) is 51.3. The minimum Gasteiger partial charge on any atom is -0.478 e. The maximum Gasteiger partial charge on any atom is 0.573 e. The second-order valence-electron chi connectivity index (χ2n) is 20.4. The van der Waals surface area contributed by atoms with Crippen LogP contribution in [0.1, 0.15) is 80.5 Å². The van der Waals surface area contributed by atoms with Crippen LogP contribution in [0.25, 0.3) is 21.8 Å². The Bertz CT molecular complexity index is 3510. The highest BCUT2D eigenvalue weighted by atomic mass is 19.4. The zero-order valence-corrected chi connectivity index (χ0v) is 51.3. The van der Waals surface area contributed by atoms with Crippen LogP contribution < -0.4 is 20.9 Å². The number of alkyl halides is 6.